The molecule has 1 aliphatic rings. The van der Waals surface area contributed by atoms with Crippen molar-refractivity contribution in [1.29, 1.82) is 0 Å². The molecule has 2 heterocycles. The van der Waals surface area contributed by atoms with Crippen LogP contribution >= 0.6 is 0 Å². The molecule has 1 aliphatic heterocycles. The van der Waals surface area contributed by atoms with Crippen LogP contribution in [0.1, 0.15) is 21.6 Å². The average molecular weight is 369 g/mol. The van der Waals surface area contributed by atoms with Crippen molar-refractivity contribution in [2.24, 2.45) is 0 Å². The number of methoxy groups -OCH3 is 1. The molecule has 0 radical (unpaired) electrons. The van der Waals surface area contributed by atoms with E-state index in [1.807, 2.05) is 18.2 Å². The van der Waals surface area contributed by atoms with Crippen molar-refractivity contribution in [3.63, 3.8) is 0 Å². The van der Waals surface area contributed by atoms with Gasteiger partial charge in [-0.05, 0) is 30.3 Å². The normalized spacial score (nSPS) is 13.5. The molecule has 2 aromatic rings. The molecule has 0 spiro atoms. The Morgan fingerprint density at radius 1 is 1.33 bits per heavy atom. The number of aromatic nitrogens is 1. The van der Waals surface area contributed by atoms with Crippen LogP contribution in [0, 0.1) is 0 Å². The zero-order chi connectivity index (χ0) is 19.1. The third kappa shape index (κ3) is 5.04. The van der Waals surface area contributed by atoms with Gasteiger partial charge < -0.3 is 19.7 Å². The van der Waals surface area contributed by atoms with Gasteiger partial charge in [-0.1, -0.05) is 6.07 Å². The maximum atomic E-state index is 12.5. The minimum Gasteiger partial charge on any atom is -0.483 e. The Morgan fingerprint density at radius 2 is 2.22 bits per heavy atom. The van der Waals surface area contributed by atoms with E-state index in [0.717, 1.165) is 11.3 Å². The van der Waals surface area contributed by atoms with Crippen LogP contribution in [-0.4, -0.2) is 55.1 Å². The summed E-state index contributed by atoms with van der Waals surface area (Å²) in [4.78, 5) is 30.5. The number of hydrogen-bond donors (Lipinski definition) is 1. The largest absolute Gasteiger partial charge is 0.483 e. The highest BCUT2D eigenvalue weighted by molar-refractivity contribution is 5.94. The van der Waals surface area contributed by atoms with E-state index in [-0.39, 0.29) is 18.4 Å². The molecule has 0 aliphatic carbocycles. The highest BCUT2D eigenvalue weighted by Gasteiger charge is 2.22. The number of rotatable bonds is 7. The zero-order valence-electron chi connectivity index (χ0n) is 15.3. The summed E-state index contributed by atoms with van der Waals surface area (Å²) in [6.07, 6.45) is 2.40. The maximum Gasteiger partial charge on any atom is 0.260 e. The van der Waals surface area contributed by atoms with Gasteiger partial charge in [0.2, 0.25) is 0 Å². The van der Waals surface area contributed by atoms with Crippen molar-refractivity contribution < 1.29 is 19.1 Å². The molecule has 0 saturated carbocycles. The number of fused-ring (bicyclic) bond motifs is 1. The molecule has 1 N–H and O–H groups in total. The van der Waals surface area contributed by atoms with Gasteiger partial charge in [0.25, 0.3) is 11.8 Å². The fraction of sp³-hybridized carbons (Fsp3) is 0.350. The molecule has 7 heteroatoms. The Morgan fingerprint density at radius 3 is 3.00 bits per heavy atom. The van der Waals surface area contributed by atoms with Gasteiger partial charge in [0, 0.05) is 56.2 Å². The molecule has 0 saturated heterocycles. The number of benzene rings is 1. The summed E-state index contributed by atoms with van der Waals surface area (Å²) in [5.74, 6) is 0.380. The summed E-state index contributed by atoms with van der Waals surface area (Å²) in [5.41, 5.74) is 2.29. The average Bonchev–Trinajstić information content (AvgIpc) is 2.85. The van der Waals surface area contributed by atoms with Crippen molar-refractivity contribution in [1.82, 2.24) is 15.2 Å². The van der Waals surface area contributed by atoms with E-state index >= 15 is 0 Å². The molecule has 0 fully saturated rings. The van der Waals surface area contributed by atoms with Gasteiger partial charge in [-0.2, -0.15) is 0 Å². The van der Waals surface area contributed by atoms with Crippen molar-refractivity contribution >= 4 is 11.8 Å². The summed E-state index contributed by atoms with van der Waals surface area (Å²) in [6.45, 7) is 1.83. The lowest BCUT2D eigenvalue weighted by Crippen LogP contribution is -2.34. The molecule has 27 heavy (non-hydrogen) atoms. The number of amides is 2. The van der Waals surface area contributed by atoms with Gasteiger partial charge in [-0.25, -0.2) is 0 Å². The second-order valence-corrected chi connectivity index (χ2v) is 6.25. The Labute approximate surface area is 158 Å². The second-order valence-electron chi connectivity index (χ2n) is 6.25. The van der Waals surface area contributed by atoms with Crippen LogP contribution in [0.2, 0.25) is 0 Å². The molecular formula is C20H23N3O4. The van der Waals surface area contributed by atoms with Crippen LogP contribution in [0.5, 0.6) is 5.75 Å². The van der Waals surface area contributed by atoms with Gasteiger partial charge in [0.05, 0.1) is 6.61 Å². The second kappa shape index (κ2) is 9.14. The number of nitrogens with one attached hydrogen (secondary N) is 1. The third-order valence-corrected chi connectivity index (χ3v) is 4.35. The fourth-order valence-electron chi connectivity index (χ4n) is 2.87. The van der Waals surface area contributed by atoms with Crippen LogP contribution < -0.4 is 10.1 Å². The number of ether oxygens (including phenoxy) is 2. The molecule has 7 nitrogen and oxygen atoms in total. The lowest BCUT2D eigenvalue weighted by molar-refractivity contribution is -0.133. The molecular weight excluding hydrogens is 346 g/mol. The fourth-order valence-corrected chi connectivity index (χ4v) is 2.87. The Kier molecular flexibility index (Phi) is 6.38. The van der Waals surface area contributed by atoms with Gasteiger partial charge in [-0.3, -0.25) is 14.6 Å². The Hall–Kier alpha value is -2.93. The molecule has 0 atom stereocenters. The predicted molar refractivity (Wildman–Crippen MR) is 99.5 cm³/mol. The minimum absolute atomic E-state index is 0.00761. The van der Waals surface area contributed by atoms with E-state index in [1.54, 1.807) is 36.4 Å². The van der Waals surface area contributed by atoms with E-state index in [1.165, 1.54) is 0 Å². The predicted octanol–water partition coefficient (Wildman–Crippen LogP) is 1.42. The van der Waals surface area contributed by atoms with Gasteiger partial charge in [-0.15, -0.1) is 0 Å². The number of nitrogens with zero attached hydrogens (tertiary/aromatic N) is 2. The number of carbonyl (C=O) groups excluding carboxylic acids is 2. The quantitative estimate of drug-likeness (QED) is 0.798. The standard InChI is InChI=1S/C20H23N3O4/c1-26-11-10-23-13-16-12-15(5-6-18(16)27-14-19(23)24)20(25)22-9-7-17-4-2-3-8-21-17/h2-6,8,12H,7,9-11,13-14H2,1H3,(H,22,25). The number of hydrogen-bond acceptors (Lipinski definition) is 5. The molecule has 3 rings (SSSR count). The topological polar surface area (TPSA) is 80.8 Å². The van der Waals surface area contributed by atoms with Crippen LogP contribution in [0.4, 0.5) is 0 Å². The third-order valence-electron chi connectivity index (χ3n) is 4.35. The van der Waals surface area contributed by atoms with Gasteiger partial charge in [0.1, 0.15) is 5.75 Å². The first-order valence-corrected chi connectivity index (χ1v) is 8.88. The molecule has 1 aromatic heterocycles. The molecule has 2 amide bonds. The van der Waals surface area contributed by atoms with Crippen molar-refractivity contribution in [3.05, 3.63) is 59.4 Å². The van der Waals surface area contributed by atoms with Gasteiger partial charge >= 0.3 is 0 Å². The number of carbonyl (C=O) groups is 2. The van der Waals surface area contributed by atoms with Crippen LogP contribution in [0.15, 0.2) is 42.6 Å². The lowest BCUT2D eigenvalue weighted by atomic mass is 10.1. The Balaban J connectivity index is 1.64. The van der Waals surface area contributed by atoms with E-state index < -0.39 is 0 Å². The van der Waals surface area contributed by atoms with Crippen LogP contribution in [-0.2, 0) is 22.5 Å². The first-order chi connectivity index (χ1) is 13.2. The molecule has 0 unspecified atom stereocenters. The molecule has 0 bridgehead atoms. The highest BCUT2D eigenvalue weighted by atomic mass is 16.5. The SMILES string of the molecule is COCCN1Cc2cc(C(=O)NCCc3ccccn3)ccc2OCC1=O. The monoisotopic (exact) mass is 369 g/mol. The van der Waals surface area contributed by atoms with E-state index in [2.05, 4.69) is 10.3 Å². The molecule has 142 valence electrons. The highest BCUT2D eigenvalue weighted by Crippen LogP contribution is 2.24. The summed E-state index contributed by atoms with van der Waals surface area (Å²) in [7, 11) is 1.60. The number of pyridine rings is 1. The van der Waals surface area contributed by atoms with E-state index in [4.69, 9.17) is 9.47 Å². The maximum absolute atomic E-state index is 12.5. The lowest BCUT2D eigenvalue weighted by Gasteiger charge is -2.19. The first kappa shape index (κ1) is 18.8. The first-order valence-electron chi connectivity index (χ1n) is 8.88. The summed E-state index contributed by atoms with van der Waals surface area (Å²) < 4.78 is 10.6. The van der Waals surface area contributed by atoms with E-state index in [0.29, 0.717) is 44.0 Å². The summed E-state index contributed by atoms with van der Waals surface area (Å²) >= 11 is 0. The van der Waals surface area contributed by atoms with Crippen molar-refractivity contribution in [2.45, 2.75) is 13.0 Å². The Bertz CT molecular complexity index is 795. The van der Waals surface area contributed by atoms with Crippen LogP contribution in [0.25, 0.3) is 0 Å². The van der Waals surface area contributed by atoms with Crippen molar-refractivity contribution in [2.75, 3.05) is 33.4 Å². The molecule has 1 aromatic carbocycles. The van der Waals surface area contributed by atoms with E-state index in [9.17, 15) is 9.59 Å². The smallest absolute Gasteiger partial charge is 0.260 e. The zero-order valence-corrected chi connectivity index (χ0v) is 15.3. The van der Waals surface area contributed by atoms with Crippen LogP contribution in [0.3, 0.4) is 0 Å². The summed E-state index contributed by atoms with van der Waals surface area (Å²) in [5, 5.41) is 2.90. The van der Waals surface area contributed by atoms with Crippen molar-refractivity contribution in [3.8, 4) is 5.75 Å². The summed E-state index contributed by atoms with van der Waals surface area (Å²) in [6, 6.07) is 11.0. The van der Waals surface area contributed by atoms with Gasteiger partial charge in [0.15, 0.2) is 6.61 Å². The minimum atomic E-state index is -0.159.